The molecule has 5 rings (SSSR count). The minimum Gasteiger partial charge on any atom is -0.480 e. The third-order valence-corrected chi connectivity index (χ3v) is 8.38. The van der Waals surface area contributed by atoms with Crippen molar-refractivity contribution in [3.8, 4) is 0 Å². The van der Waals surface area contributed by atoms with Crippen LogP contribution < -0.4 is 5.32 Å². The maximum absolute atomic E-state index is 14.5. The number of ether oxygens (including phenoxy) is 2. The summed E-state index contributed by atoms with van der Waals surface area (Å²) in [4.78, 5) is 19.2. The summed E-state index contributed by atoms with van der Waals surface area (Å²) in [6.07, 6.45) is 7.89. The Morgan fingerprint density at radius 2 is 2.16 bits per heavy atom. The van der Waals surface area contributed by atoms with Crippen LogP contribution in [0.15, 0.2) is 24.3 Å². The summed E-state index contributed by atoms with van der Waals surface area (Å²) in [5, 5.41) is 13.6. The summed E-state index contributed by atoms with van der Waals surface area (Å²) in [7, 11) is 1.85. The third-order valence-electron chi connectivity index (χ3n) is 8.38. The predicted octanol–water partition coefficient (Wildman–Crippen LogP) is 5.23. The second-order valence-electron chi connectivity index (χ2n) is 11.1. The number of pyridine rings is 1. The quantitative estimate of drug-likeness (QED) is 0.411. The Balaban J connectivity index is 1.13. The summed E-state index contributed by atoms with van der Waals surface area (Å²) in [5.41, 5.74) is 4.68. The van der Waals surface area contributed by atoms with Crippen LogP contribution in [0.2, 0.25) is 0 Å². The van der Waals surface area contributed by atoms with Crippen LogP contribution in [-0.4, -0.2) is 59.9 Å². The van der Waals surface area contributed by atoms with Gasteiger partial charge in [0.1, 0.15) is 17.7 Å². The maximum atomic E-state index is 14.5. The van der Waals surface area contributed by atoms with Crippen molar-refractivity contribution in [2.75, 3.05) is 32.1 Å². The van der Waals surface area contributed by atoms with E-state index in [9.17, 15) is 14.3 Å². The minimum absolute atomic E-state index is 0.0250. The molecule has 1 saturated carbocycles. The van der Waals surface area contributed by atoms with Crippen LogP contribution >= 0.6 is 0 Å². The number of rotatable bonds is 10. The van der Waals surface area contributed by atoms with Gasteiger partial charge in [-0.25, -0.2) is 9.37 Å². The molecule has 0 saturated heterocycles. The summed E-state index contributed by atoms with van der Waals surface area (Å²) < 4.78 is 26.3. The van der Waals surface area contributed by atoms with E-state index >= 15 is 0 Å². The van der Waals surface area contributed by atoms with E-state index in [1.165, 1.54) is 24.1 Å². The number of aromatic nitrogens is 1. The van der Waals surface area contributed by atoms with Crippen molar-refractivity contribution in [2.45, 2.75) is 89.0 Å². The fourth-order valence-electron chi connectivity index (χ4n) is 6.42. The van der Waals surface area contributed by atoms with E-state index in [1.807, 2.05) is 18.9 Å². The number of hydrogen-bond donors (Lipinski definition) is 2. The number of unbranched alkanes of at least 4 members (excludes halogenated alkanes) is 1. The van der Waals surface area contributed by atoms with Crippen LogP contribution in [0.1, 0.15) is 85.4 Å². The van der Waals surface area contributed by atoms with Gasteiger partial charge in [0, 0.05) is 30.8 Å². The maximum Gasteiger partial charge on any atom is 0.325 e. The van der Waals surface area contributed by atoms with Gasteiger partial charge in [0.15, 0.2) is 0 Å². The zero-order valence-electron chi connectivity index (χ0n) is 22.5. The van der Waals surface area contributed by atoms with Crippen molar-refractivity contribution in [3.63, 3.8) is 0 Å². The van der Waals surface area contributed by atoms with Crippen LogP contribution in [0.4, 0.5) is 10.2 Å². The van der Waals surface area contributed by atoms with Crippen molar-refractivity contribution < 1.29 is 23.8 Å². The van der Waals surface area contributed by atoms with Gasteiger partial charge in [-0.2, -0.15) is 0 Å². The van der Waals surface area contributed by atoms with Gasteiger partial charge >= 0.3 is 5.97 Å². The molecule has 38 heavy (non-hydrogen) atoms. The van der Waals surface area contributed by atoms with Crippen LogP contribution in [-0.2, 0) is 33.7 Å². The highest BCUT2D eigenvalue weighted by atomic mass is 19.1. The minimum atomic E-state index is -0.950. The number of anilines is 1. The lowest BCUT2D eigenvalue weighted by molar-refractivity contribution is -0.144. The summed E-state index contributed by atoms with van der Waals surface area (Å²) in [6, 6.07) is 6.41. The SMILES string of the molecule is C[C@@H]1COCc2cc(F)cc([C@H](C(=O)O)N(C)[C@H]3CC[C@H](OCCCCc4ccc5c(n4)NCCC5)C3)c21. The highest BCUT2D eigenvalue weighted by Crippen LogP contribution is 2.38. The highest BCUT2D eigenvalue weighted by molar-refractivity contribution is 5.76. The van der Waals surface area contributed by atoms with Crippen LogP contribution in [0.3, 0.4) is 0 Å². The molecule has 8 heteroatoms. The van der Waals surface area contributed by atoms with Crippen molar-refractivity contribution in [1.82, 2.24) is 9.88 Å². The molecule has 0 amide bonds. The van der Waals surface area contributed by atoms with E-state index < -0.39 is 17.8 Å². The monoisotopic (exact) mass is 525 g/mol. The molecular weight excluding hydrogens is 485 g/mol. The Kier molecular flexibility index (Phi) is 8.61. The Hall–Kier alpha value is -2.55. The molecule has 0 radical (unpaired) electrons. The Labute approximate surface area is 224 Å². The molecule has 2 aromatic rings. The molecule has 206 valence electrons. The van der Waals surface area contributed by atoms with Gasteiger partial charge in [-0.1, -0.05) is 13.0 Å². The number of aliphatic carboxylic acids is 1. The molecule has 1 aromatic heterocycles. The molecule has 3 heterocycles. The Morgan fingerprint density at radius 3 is 3.00 bits per heavy atom. The topological polar surface area (TPSA) is 83.9 Å². The number of fused-ring (bicyclic) bond motifs is 2. The lowest BCUT2D eigenvalue weighted by atomic mass is 9.86. The van der Waals surface area contributed by atoms with Crippen LogP contribution in [0.25, 0.3) is 0 Å². The normalized spacial score (nSPS) is 23.5. The lowest BCUT2D eigenvalue weighted by Crippen LogP contribution is -2.39. The molecule has 1 fully saturated rings. The zero-order chi connectivity index (χ0) is 26.6. The number of carboxylic acids is 1. The Bertz CT molecular complexity index is 1140. The molecule has 1 aromatic carbocycles. The summed E-state index contributed by atoms with van der Waals surface area (Å²) in [6.45, 7) is 4.54. The van der Waals surface area contributed by atoms with E-state index in [4.69, 9.17) is 14.5 Å². The first kappa shape index (κ1) is 27.0. The fourth-order valence-corrected chi connectivity index (χ4v) is 6.42. The first-order valence-corrected chi connectivity index (χ1v) is 14.1. The van der Waals surface area contributed by atoms with Gasteiger partial charge in [0.2, 0.25) is 0 Å². The van der Waals surface area contributed by atoms with Crippen molar-refractivity contribution in [1.29, 1.82) is 0 Å². The molecule has 3 aliphatic rings. The van der Waals surface area contributed by atoms with Gasteiger partial charge in [-0.3, -0.25) is 9.69 Å². The standard InChI is InChI=1S/C30H40FN3O4/c1-19-17-37-18-21-14-22(31)15-26(27(19)21)28(30(35)36)34(2)24-10-11-25(16-24)38-13-4-3-7-23-9-8-20-6-5-12-32-29(20)33-23/h8-9,14-15,19,24-25,28H,3-7,10-13,16-18H2,1-2H3,(H,32,33)(H,35,36)/t19-,24+,25+,28-/m1/s1. The number of aryl methyl sites for hydroxylation is 2. The van der Waals surface area contributed by atoms with Crippen LogP contribution in [0.5, 0.6) is 0 Å². The summed E-state index contributed by atoms with van der Waals surface area (Å²) in [5.74, 6) is -0.288. The molecule has 2 aliphatic heterocycles. The number of nitrogens with one attached hydrogen (secondary N) is 1. The van der Waals surface area contributed by atoms with Gasteiger partial charge in [0.05, 0.1) is 19.3 Å². The first-order chi connectivity index (χ1) is 18.4. The number of benzene rings is 1. The average Bonchev–Trinajstić information content (AvgIpc) is 3.37. The molecule has 0 unspecified atom stereocenters. The molecule has 7 nitrogen and oxygen atoms in total. The van der Waals surface area contributed by atoms with Gasteiger partial charge < -0.3 is 19.9 Å². The number of carboxylic acid groups (broad SMARTS) is 1. The van der Waals surface area contributed by atoms with E-state index in [0.717, 1.165) is 74.1 Å². The van der Waals surface area contributed by atoms with E-state index in [2.05, 4.69) is 17.4 Å². The second-order valence-corrected chi connectivity index (χ2v) is 11.1. The number of likely N-dealkylation sites (N-methyl/N-ethyl adjacent to an activating group) is 1. The first-order valence-electron chi connectivity index (χ1n) is 14.1. The molecule has 4 atom stereocenters. The number of nitrogens with zero attached hydrogens (tertiary/aromatic N) is 2. The largest absolute Gasteiger partial charge is 0.480 e. The number of carbonyl (C=O) groups is 1. The van der Waals surface area contributed by atoms with Crippen molar-refractivity contribution >= 4 is 11.8 Å². The Morgan fingerprint density at radius 1 is 1.29 bits per heavy atom. The van der Waals surface area contributed by atoms with E-state index in [0.29, 0.717) is 25.4 Å². The number of hydrogen-bond acceptors (Lipinski definition) is 6. The van der Waals surface area contributed by atoms with Crippen LogP contribution in [0, 0.1) is 5.82 Å². The van der Waals surface area contributed by atoms with E-state index in [-0.39, 0.29) is 18.1 Å². The molecule has 2 N–H and O–H groups in total. The molecule has 0 spiro atoms. The molecular formula is C30H40FN3O4. The van der Waals surface area contributed by atoms with Crippen molar-refractivity contribution in [2.24, 2.45) is 0 Å². The smallest absolute Gasteiger partial charge is 0.325 e. The number of halogens is 1. The fraction of sp³-hybridized carbons (Fsp3) is 0.600. The third kappa shape index (κ3) is 6.03. The highest BCUT2D eigenvalue weighted by Gasteiger charge is 2.38. The molecule has 1 aliphatic carbocycles. The molecule has 0 bridgehead atoms. The van der Waals surface area contributed by atoms with Gasteiger partial charge in [-0.05, 0) is 98.9 Å². The van der Waals surface area contributed by atoms with Gasteiger partial charge in [-0.15, -0.1) is 0 Å². The van der Waals surface area contributed by atoms with Gasteiger partial charge in [0.25, 0.3) is 0 Å². The zero-order valence-corrected chi connectivity index (χ0v) is 22.5. The second kappa shape index (κ2) is 12.1. The predicted molar refractivity (Wildman–Crippen MR) is 144 cm³/mol. The summed E-state index contributed by atoms with van der Waals surface area (Å²) >= 11 is 0. The average molecular weight is 526 g/mol. The van der Waals surface area contributed by atoms with Crippen molar-refractivity contribution in [3.05, 3.63) is 58.0 Å². The van der Waals surface area contributed by atoms with E-state index in [1.54, 1.807) is 0 Å². The lowest BCUT2D eigenvalue weighted by Gasteiger charge is -2.34.